The van der Waals surface area contributed by atoms with Crippen molar-refractivity contribution in [2.24, 2.45) is 0 Å². The first-order valence-corrected chi connectivity index (χ1v) is 5.69. The molecule has 0 aliphatic carbocycles. The van der Waals surface area contributed by atoms with Crippen LogP contribution in [0, 0.1) is 0 Å². The molecule has 1 aliphatic rings. The normalized spacial score (nSPS) is 31.1. The first-order valence-electron chi connectivity index (χ1n) is 5.69. The SMILES string of the molecule is [15NH2]c1[15n]c[15n]c2c1ncn2[C@@H]1O[C@H](CO)[C@@H](O)[C@H]1O. The van der Waals surface area contributed by atoms with Gasteiger partial charge in [0.05, 0.1) is 12.9 Å². The second-order valence-electron chi connectivity index (χ2n) is 4.31. The van der Waals surface area contributed by atoms with Crippen molar-refractivity contribution in [1.29, 1.82) is 0 Å². The first-order chi connectivity index (χ1) is 9.13. The molecule has 3 rings (SSSR count). The van der Waals surface area contributed by atoms with Crippen LogP contribution in [0.2, 0.25) is 0 Å². The van der Waals surface area contributed by atoms with Gasteiger partial charge in [0.15, 0.2) is 17.7 Å². The van der Waals surface area contributed by atoms with E-state index in [1.54, 1.807) is 0 Å². The molecular weight excluding hydrogens is 257 g/mol. The number of rotatable bonds is 2. The number of aromatic nitrogens is 4. The average Bonchev–Trinajstić information content (AvgIpc) is 2.94. The van der Waals surface area contributed by atoms with E-state index < -0.39 is 31.1 Å². The molecule has 9 nitrogen and oxygen atoms in total. The van der Waals surface area contributed by atoms with Gasteiger partial charge in [0.2, 0.25) is 0 Å². The smallest absolute Gasteiger partial charge is 0.167 e. The van der Waals surface area contributed by atoms with Crippen LogP contribution < -0.4 is 5.73 Å². The Hall–Kier alpha value is -1.81. The third-order valence-electron chi connectivity index (χ3n) is 3.18. The van der Waals surface area contributed by atoms with Gasteiger partial charge in [-0.05, 0) is 0 Å². The van der Waals surface area contributed by atoms with E-state index in [0.717, 1.165) is 0 Å². The highest BCUT2D eigenvalue weighted by molar-refractivity contribution is 5.81. The minimum absolute atomic E-state index is 0.218. The van der Waals surface area contributed by atoms with Gasteiger partial charge in [-0.2, -0.15) is 0 Å². The van der Waals surface area contributed by atoms with Crippen LogP contribution in [0.1, 0.15) is 6.23 Å². The molecule has 0 unspecified atom stereocenters. The van der Waals surface area contributed by atoms with E-state index in [1.165, 1.54) is 17.2 Å². The summed E-state index contributed by atoms with van der Waals surface area (Å²) < 4.78 is 6.85. The second kappa shape index (κ2) is 4.38. The number of nitrogens with two attached hydrogens (primary N) is 1. The van der Waals surface area contributed by atoms with Crippen molar-refractivity contribution in [3.8, 4) is 0 Å². The van der Waals surface area contributed by atoms with E-state index in [-0.39, 0.29) is 5.82 Å². The van der Waals surface area contributed by atoms with E-state index in [4.69, 9.17) is 15.6 Å². The number of ether oxygens (including phenoxy) is 1. The molecule has 19 heavy (non-hydrogen) atoms. The van der Waals surface area contributed by atoms with Crippen LogP contribution in [0.25, 0.3) is 11.2 Å². The van der Waals surface area contributed by atoms with Gasteiger partial charge in [0, 0.05) is 0 Å². The van der Waals surface area contributed by atoms with Crippen molar-refractivity contribution < 1.29 is 20.1 Å². The van der Waals surface area contributed by atoms with Crippen molar-refractivity contribution in [2.75, 3.05) is 12.3 Å². The minimum atomic E-state index is -1.19. The van der Waals surface area contributed by atoms with Gasteiger partial charge in [0.25, 0.3) is 0 Å². The molecule has 0 aromatic carbocycles. The largest absolute Gasteiger partial charge is 0.394 e. The third-order valence-corrected chi connectivity index (χ3v) is 3.18. The van der Waals surface area contributed by atoms with Crippen LogP contribution in [0.4, 0.5) is 5.82 Å². The Bertz CT molecular complexity index is 603. The van der Waals surface area contributed by atoms with E-state index in [2.05, 4.69) is 15.0 Å². The molecule has 2 aromatic heterocycles. The predicted octanol–water partition coefficient (Wildman–Crippen LogP) is -1.98. The summed E-state index contributed by atoms with van der Waals surface area (Å²) in [4.78, 5) is 11.9. The van der Waals surface area contributed by atoms with Gasteiger partial charge < -0.3 is 25.8 Å². The average molecular weight is 270 g/mol. The highest BCUT2D eigenvalue weighted by atomic mass is 16.6. The Kier molecular flexibility index (Phi) is 2.82. The Morgan fingerprint density at radius 2 is 2.05 bits per heavy atom. The van der Waals surface area contributed by atoms with E-state index in [1.807, 2.05) is 0 Å². The summed E-state index contributed by atoms with van der Waals surface area (Å²) in [6, 6.07) is 0. The second-order valence-corrected chi connectivity index (χ2v) is 4.31. The van der Waals surface area contributed by atoms with E-state index in [0.29, 0.717) is 11.2 Å². The predicted molar refractivity (Wildman–Crippen MR) is 62.7 cm³/mol. The molecule has 0 bridgehead atoms. The van der Waals surface area contributed by atoms with Crippen molar-refractivity contribution in [3.05, 3.63) is 12.7 Å². The molecule has 0 amide bonds. The first kappa shape index (κ1) is 12.2. The standard InChI is InChI=1S/C10H13N5O4/c11-8-5-9(13-2-12-8)15(3-14-5)10-7(18)6(17)4(1-16)19-10/h2-4,6-7,10,16-18H,1H2,(H2,11,12,13)/t4-,6-,7-,10-/m1/s1/i11+1,12+1,13+1. The third kappa shape index (κ3) is 1.75. The molecule has 0 radical (unpaired) electrons. The maximum absolute atomic E-state index is 9.95. The molecule has 4 atom stereocenters. The zero-order valence-electron chi connectivity index (χ0n) is 9.79. The van der Waals surface area contributed by atoms with Gasteiger partial charge in [-0.15, -0.1) is 0 Å². The van der Waals surface area contributed by atoms with Gasteiger partial charge in [-0.25, -0.2) is 15.0 Å². The van der Waals surface area contributed by atoms with Gasteiger partial charge in [0.1, 0.15) is 30.2 Å². The lowest BCUT2D eigenvalue weighted by atomic mass is 10.1. The fourth-order valence-corrected chi connectivity index (χ4v) is 2.17. The molecule has 1 saturated heterocycles. The van der Waals surface area contributed by atoms with Crippen LogP contribution >= 0.6 is 0 Å². The molecule has 2 aromatic rings. The van der Waals surface area contributed by atoms with Crippen molar-refractivity contribution in [3.63, 3.8) is 0 Å². The summed E-state index contributed by atoms with van der Waals surface area (Å²) in [6.45, 7) is -0.390. The number of aliphatic hydroxyl groups is 3. The fraction of sp³-hybridized carbons (Fsp3) is 0.500. The monoisotopic (exact) mass is 270 g/mol. The molecule has 1 fully saturated rings. The lowest BCUT2D eigenvalue weighted by Crippen LogP contribution is -2.33. The van der Waals surface area contributed by atoms with Gasteiger partial charge in [-0.3, -0.25) is 4.57 Å². The molecular formula is C10H13N5O4. The number of hydrogen-bond donors (Lipinski definition) is 4. The maximum atomic E-state index is 9.95. The Balaban J connectivity index is 2.04. The van der Waals surface area contributed by atoms with Crippen LogP contribution in [-0.4, -0.2) is 59.8 Å². The van der Waals surface area contributed by atoms with Crippen molar-refractivity contribution >= 4 is 17.0 Å². The number of anilines is 1. The Morgan fingerprint density at radius 3 is 2.74 bits per heavy atom. The number of nitrogens with zero attached hydrogens (tertiary/aromatic N) is 4. The van der Waals surface area contributed by atoms with Crippen LogP contribution in [0.3, 0.4) is 0 Å². The Labute approximate surface area is 107 Å². The molecule has 102 valence electrons. The fourth-order valence-electron chi connectivity index (χ4n) is 2.17. The molecule has 0 spiro atoms. The van der Waals surface area contributed by atoms with Crippen LogP contribution in [0.5, 0.6) is 0 Å². The maximum Gasteiger partial charge on any atom is 0.167 e. The summed E-state index contributed by atoms with van der Waals surface area (Å²) in [7, 11) is 0. The summed E-state index contributed by atoms with van der Waals surface area (Å²) in [5.41, 5.74) is 6.44. The number of hydrogen-bond acceptors (Lipinski definition) is 8. The van der Waals surface area contributed by atoms with E-state index >= 15 is 0 Å². The molecule has 3 heterocycles. The lowest BCUT2D eigenvalue weighted by molar-refractivity contribution is -0.0511. The highest BCUT2D eigenvalue weighted by Crippen LogP contribution is 2.31. The lowest BCUT2D eigenvalue weighted by Gasteiger charge is -2.16. The summed E-state index contributed by atoms with van der Waals surface area (Å²) >= 11 is 0. The van der Waals surface area contributed by atoms with Crippen molar-refractivity contribution in [2.45, 2.75) is 24.5 Å². The van der Waals surface area contributed by atoms with E-state index in [9.17, 15) is 10.2 Å². The number of fused-ring (bicyclic) bond motifs is 1. The van der Waals surface area contributed by atoms with Crippen molar-refractivity contribution in [1.82, 2.24) is 19.5 Å². The Morgan fingerprint density at radius 1 is 1.26 bits per heavy atom. The summed E-state index contributed by atoms with van der Waals surface area (Å²) in [5, 5.41) is 28.7. The molecule has 0 saturated carbocycles. The van der Waals surface area contributed by atoms with Crippen LogP contribution in [0.15, 0.2) is 12.7 Å². The van der Waals surface area contributed by atoms with Gasteiger partial charge >= 0.3 is 0 Å². The minimum Gasteiger partial charge on any atom is -0.394 e. The number of nitrogen functional groups attached to an aromatic ring is 1. The topological polar surface area (TPSA) is 140 Å². The quantitative estimate of drug-likeness (QED) is 0.460. The van der Waals surface area contributed by atoms with Crippen LogP contribution in [-0.2, 0) is 4.74 Å². The summed E-state index contributed by atoms with van der Waals surface area (Å²) in [6.07, 6.45) is -1.42. The molecule has 5 N–H and O–H groups in total. The highest BCUT2D eigenvalue weighted by Gasteiger charge is 2.43. The zero-order valence-corrected chi connectivity index (χ0v) is 9.79. The number of imidazole rings is 1. The zero-order chi connectivity index (χ0) is 13.6. The summed E-state index contributed by atoms with van der Waals surface area (Å²) in [5.74, 6) is 0.218. The number of aliphatic hydroxyl groups excluding tert-OH is 3. The molecule has 1 aliphatic heterocycles. The molecule has 9 heteroatoms. The van der Waals surface area contributed by atoms with Gasteiger partial charge in [-0.1, -0.05) is 0 Å².